The Morgan fingerprint density at radius 3 is 2.56 bits per heavy atom. The van der Waals surface area contributed by atoms with Crippen molar-refractivity contribution in [1.29, 1.82) is 0 Å². The molecule has 0 atom stereocenters. The van der Waals surface area contributed by atoms with Gasteiger partial charge in [-0.05, 0) is 41.8 Å². The molecular formula is C19H21NO3S2. The summed E-state index contributed by atoms with van der Waals surface area (Å²) in [5.74, 6) is -0.684. The maximum atomic E-state index is 12.5. The van der Waals surface area contributed by atoms with Crippen molar-refractivity contribution in [2.75, 3.05) is 6.61 Å². The fourth-order valence-corrected chi connectivity index (χ4v) is 4.29. The number of amides is 1. The molecule has 0 radical (unpaired) electrons. The summed E-state index contributed by atoms with van der Waals surface area (Å²) >= 11 is 3.03. The molecule has 25 heavy (non-hydrogen) atoms. The maximum absolute atomic E-state index is 12.5. The Labute approximate surface area is 155 Å². The second kappa shape index (κ2) is 8.97. The summed E-state index contributed by atoms with van der Waals surface area (Å²) in [4.78, 5) is 26.4. The number of rotatable bonds is 6. The van der Waals surface area contributed by atoms with Gasteiger partial charge < -0.3 is 10.1 Å². The molecule has 1 aliphatic carbocycles. The van der Waals surface area contributed by atoms with Gasteiger partial charge >= 0.3 is 5.97 Å². The fourth-order valence-electron chi connectivity index (χ4n) is 2.90. The van der Waals surface area contributed by atoms with Crippen LogP contribution in [0.15, 0.2) is 35.0 Å². The van der Waals surface area contributed by atoms with E-state index in [1.807, 2.05) is 41.1 Å². The molecule has 1 N–H and O–H groups in total. The van der Waals surface area contributed by atoms with E-state index in [0.717, 1.165) is 35.4 Å². The Morgan fingerprint density at radius 1 is 1.12 bits per heavy atom. The molecule has 1 fully saturated rings. The monoisotopic (exact) mass is 375 g/mol. The minimum atomic E-state index is -0.463. The molecular weight excluding hydrogens is 354 g/mol. The Morgan fingerprint density at radius 2 is 1.88 bits per heavy atom. The Bertz CT molecular complexity index is 714. The number of carbonyl (C=O) groups is 2. The van der Waals surface area contributed by atoms with Gasteiger partial charge in [-0.1, -0.05) is 31.4 Å². The van der Waals surface area contributed by atoms with Gasteiger partial charge in [-0.3, -0.25) is 4.79 Å². The van der Waals surface area contributed by atoms with Crippen LogP contribution >= 0.6 is 22.7 Å². The number of nitrogens with one attached hydrogen (secondary N) is 1. The molecule has 3 rings (SSSR count). The molecule has 1 aliphatic rings. The number of hydrogen-bond acceptors (Lipinski definition) is 5. The van der Waals surface area contributed by atoms with Crippen molar-refractivity contribution in [3.63, 3.8) is 0 Å². The smallest absolute Gasteiger partial charge is 0.340 e. The molecule has 1 amide bonds. The maximum Gasteiger partial charge on any atom is 0.340 e. The number of esters is 1. The predicted octanol–water partition coefficient (Wildman–Crippen LogP) is 4.34. The van der Waals surface area contributed by atoms with Crippen molar-refractivity contribution in [1.82, 2.24) is 5.32 Å². The summed E-state index contributed by atoms with van der Waals surface area (Å²) in [5, 5.41) is 6.84. The summed E-state index contributed by atoms with van der Waals surface area (Å²) in [6.07, 6.45) is 7.38. The minimum Gasteiger partial charge on any atom is -0.452 e. The molecule has 0 aliphatic heterocycles. The number of hydrogen-bond donors (Lipinski definition) is 1. The summed E-state index contributed by atoms with van der Waals surface area (Å²) in [6.45, 7) is -0.234. The van der Waals surface area contributed by atoms with Gasteiger partial charge in [0.1, 0.15) is 0 Å². The standard InChI is InChI=1S/C19H21NO3S2/c21-18(20-14-6-2-1-3-7-14)13-23-19(22)16(17-9-5-11-25-17)12-15-8-4-10-24-15/h4-5,8-12,14H,1-3,6-7,13H2,(H,20,21). The van der Waals surface area contributed by atoms with E-state index >= 15 is 0 Å². The van der Waals surface area contributed by atoms with E-state index in [1.54, 1.807) is 11.3 Å². The van der Waals surface area contributed by atoms with Crippen LogP contribution in [0.3, 0.4) is 0 Å². The summed E-state index contributed by atoms with van der Waals surface area (Å²) in [6, 6.07) is 7.88. The third-order valence-electron chi connectivity index (χ3n) is 4.14. The van der Waals surface area contributed by atoms with E-state index in [2.05, 4.69) is 5.32 Å². The molecule has 0 aromatic carbocycles. The van der Waals surface area contributed by atoms with Gasteiger partial charge in [0, 0.05) is 15.8 Å². The summed E-state index contributed by atoms with van der Waals surface area (Å²) in [7, 11) is 0. The topological polar surface area (TPSA) is 55.4 Å². The Kier molecular flexibility index (Phi) is 6.42. The van der Waals surface area contributed by atoms with Gasteiger partial charge in [-0.15, -0.1) is 22.7 Å². The van der Waals surface area contributed by atoms with Crippen LogP contribution in [0, 0.1) is 0 Å². The van der Waals surface area contributed by atoms with Gasteiger partial charge in [-0.25, -0.2) is 4.79 Å². The van der Waals surface area contributed by atoms with E-state index < -0.39 is 5.97 Å². The van der Waals surface area contributed by atoms with Crippen LogP contribution in [0.2, 0.25) is 0 Å². The van der Waals surface area contributed by atoms with Crippen molar-refractivity contribution in [2.24, 2.45) is 0 Å². The number of ether oxygens (including phenoxy) is 1. The lowest BCUT2D eigenvalue weighted by Gasteiger charge is -2.22. The molecule has 0 saturated heterocycles. The fraction of sp³-hybridized carbons (Fsp3) is 0.368. The quantitative estimate of drug-likeness (QED) is 0.603. The first-order valence-electron chi connectivity index (χ1n) is 8.48. The molecule has 6 heteroatoms. The zero-order valence-corrected chi connectivity index (χ0v) is 15.5. The highest BCUT2D eigenvalue weighted by atomic mass is 32.1. The molecule has 132 valence electrons. The average Bonchev–Trinajstić information content (AvgIpc) is 3.32. The molecule has 2 aromatic rings. The number of carbonyl (C=O) groups excluding carboxylic acids is 2. The first-order valence-corrected chi connectivity index (χ1v) is 10.2. The van der Waals surface area contributed by atoms with Gasteiger partial charge in [0.25, 0.3) is 5.91 Å². The van der Waals surface area contributed by atoms with Crippen LogP contribution in [0.5, 0.6) is 0 Å². The lowest BCUT2D eigenvalue weighted by molar-refractivity contribution is -0.143. The molecule has 2 aromatic heterocycles. The minimum absolute atomic E-state index is 0.220. The molecule has 2 heterocycles. The normalized spacial score (nSPS) is 15.8. The first-order chi connectivity index (χ1) is 12.2. The van der Waals surface area contributed by atoms with Gasteiger partial charge in [0.05, 0.1) is 5.57 Å². The van der Waals surface area contributed by atoms with Crippen molar-refractivity contribution in [3.8, 4) is 0 Å². The van der Waals surface area contributed by atoms with E-state index in [9.17, 15) is 9.59 Å². The van der Waals surface area contributed by atoms with Crippen LogP contribution in [0.25, 0.3) is 11.6 Å². The van der Waals surface area contributed by atoms with Crippen LogP contribution in [-0.2, 0) is 14.3 Å². The SMILES string of the molecule is O=C(COC(=O)C(=Cc1cccs1)c1cccs1)NC1CCCCC1. The average molecular weight is 376 g/mol. The molecule has 0 unspecified atom stereocenters. The summed E-state index contributed by atoms with van der Waals surface area (Å²) in [5.41, 5.74) is 0.489. The van der Waals surface area contributed by atoms with Crippen LogP contribution in [0.4, 0.5) is 0 Å². The van der Waals surface area contributed by atoms with Crippen LogP contribution < -0.4 is 5.32 Å². The van der Waals surface area contributed by atoms with E-state index in [4.69, 9.17) is 4.74 Å². The number of thiophene rings is 2. The van der Waals surface area contributed by atoms with E-state index in [-0.39, 0.29) is 18.6 Å². The summed E-state index contributed by atoms with van der Waals surface area (Å²) < 4.78 is 5.27. The zero-order valence-electron chi connectivity index (χ0n) is 13.9. The molecule has 0 spiro atoms. The highest BCUT2D eigenvalue weighted by Crippen LogP contribution is 2.25. The second-order valence-electron chi connectivity index (χ2n) is 6.03. The van der Waals surface area contributed by atoms with Crippen molar-refractivity contribution in [3.05, 3.63) is 44.8 Å². The van der Waals surface area contributed by atoms with Gasteiger partial charge in [-0.2, -0.15) is 0 Å². The largest absolute Gasteiger partial charge is 0.452 e. The van der Waals surface area contributed by atoms with Crippen molar-refractivity contribution in [2.45, 2.75) is 38.1 Å². The molecule has 0 bridgehead atoms. The molecule has 4 nitrogen and oxygen atoms in total. The van der Waals surface area contributed by atoms with E-state index in [1.165, 1.54) is 17.8 Å². The third-order valence-corrected chi connectivity index (χ3v) is 5.86. The first kappa shape index (κ1) is 17.9. The van der Waals surface area contributed by atoms with Gasteiger partial charge in [0.2, 0.25) is 0 Å². The Balaban J connectivity index is 1.60. The van der Waals surface area contributed by atoms with Crippen LogP contribution in [-0.4, -0.2) is 24.5 Å². The van der Waals surface area contributed by atoms with Gasteiger partial charge in [0.15, 0.2) is 6.61 Å². The predicted molar refractivity (Wildman–Crippen MR) is 102 cm³/mol. The third kappa shape index (κ3) is 5.28. The lowest BCUT2D eigenvalue weighted by Crippen LogP contribution is -2.38. The van der Waals surface area contributed by atoms with Crippen molar-refractivity contribution >= 4 is 46.2 Å². The zero-order chi connectivity index (χ0) is 17.5. The highest BCUT2D eigenvalue weighted by molar-refractivity contribution is 7.12. The molecule has 1 saturated carbocycles. The highest BCUT2D eigenvalue weighted by Gasteiger charge is 2.19. The second-order valence-corrected chi connectivity index (χ2v) is 7.96. The Hall–Kier alpha value is -1.92. The van der Waals surface area contributed by atoms with E-state index in [0.29, 0.717) is 5.57 Å². The van der Waals surface area contributed by atoms with Crippen LogP contribution in [0.1, 0.15) is 41.9 Å². The van der Waals surface area contributed by atoms with Crippen molar-refractivity contribution < 1.29 is 14.3 Å². The lowest BCUT2D eigenvalue weighted by atomic mass is 9.95.